The molecule has 2 rings (SSSR count). The predicted molar refractivity (Wildman–Crippen MR) is 102 cm³/mol. The van der Waals surface area contributed by atoms with E-state index < -0.39 is 19.1 Å². The van der Waals surface area contributed by atoms with Crippen molar-refractivity contribution < 1.29 is 23.7 Å². The summed E-state index contributed by atoms with van der Waals surface area (Å²) in [6, 6.07) is 6.56. The Morgan fingerprint density at radius 2 is 1.81 bits per heavy atom. The zero-order valence-electron chi connectivity index (χ0n) is 16.1. The van der Waals surface area contributed by atoms with E-state index in [-0.39, 0.29) is 19.0 Å². The molecule has 1 amide bonds. The molecule has 27 heavy (non-hydrogen) atoms. The SMILES string of the molecule is CCN(CC)CCNC(=O)c1cccc(B2OC(=O)CN(C)CC(=O)O2)c1. The molecule has 1 saturated heterocycles. The molecule has 8 nitrogen and oxygen atoms in total. The van der Waals surface area contributed by atoms with Gasteiger partial charge in [-0.1, -0.05) is 26.0 Å². The molecule has 1 heterocycles. The first-order chi connectivity index (χ1) is 12.9. The molecule has 9 heteroatoms. The van der Waals surface area contributed by atoms with Crippen molar-refractivity contribution in [2.24, 2.45) is 0 Å². The lowest BCUT2D eigenvalue weighted by molar-refractivity contribution is -0.145. The topological polar surface area (TPSA) is 88.2 Å². The number of hydrogen-bond donors (Lipinski definition) is 1. The lowest BCUT2D eigenvalue weighted by atomic mass is 9.77. The van der Waals surface area contributed by atoms with Crippen molar-refractivity contribution in [3.8, 4) is 0 Å². The van der Waals surface area contributed by atoms with Crippen LogP contribution >= 0.6 is 0 Å². The van der Waals surface area contributed by atoms with Gasteiger partial charge in [-0.05, 0) is 32.3 Å². The minimum absolute atomic E-state index is 0.00284. The number of amides is 1. The zero-order chi connectivity index (χ0) is 19.8. The van der Waals surface area contributed by atoms with E-state index in [1.807, 2.05) is 0 Å². The monoisotopic (exact) mass is 375 g/mol. The first-order valence-electron chi connectivity index (χ1n) is 9.11. The maximum atomic E-state index is 12.4. The second kappa shape index (κ2) is 10.1. The van der Waals surface area contributed by atoms with Gasteiger partial charge in [-0.25, -0.2) is 0 Å². The molecule has 1 aromatic rings. The third kappa shape index (κ3) is 6.37. The Bertz CT molecular complexity index is 661. The van der Waals surface area contributed by atoms with Crippen molar-refractivity contribution in [1.29, 1.82) is 0 Å². The number of nitrogens with zero attached hydrogens (tertiary/aromatic N) is 2. The smallest absolute Gasteiger partial charge is 0.494 e. The largest absolute Gasteiger partial charge is 0.636 e. The minimum atomic E-state index is -1.15. The Morgan fingerprint density at radius 3 is 2.41 bits per heavy atom. The molecular formula is C18H26BN3O5. The molecular weight excluding hydrogens is 349 g/mol. The lowest BCUT2D eigenvalue weighted by Crippen LogP contribution is -2.48. The Kier molecular flexibility index (Phi) is 7.81. The lowest BCUT2D eigenvalue weighted by Gasteiger charge is -2.22. The number of hydrogen-bond acceptors (Lipinski definition) is 7. The molecule has 0 saturated carbocycles. The van der Waals surface area contributed by atoms with E-state index >= 15 is 0 Å². The molecule has 0 spiro atoms. The highest BCUT2D eigenvalue weighted by molar-refractivity contribution is 6.64. The van der Waals surface area contributed by atoms with Gasteiger partial charge >= 0.3 is 19.1 Å². The molecule has 0 aliphatic carbocycles. The van der Waals surface area contributed by atoms with Gasteiger partial charge in [-0.2, -0.15) is 0 Å². The quantitative estimate of drug-likeness (QED) is 0.642. The number of carbonyl (C=O) groups is 3. The molecule has 0 bridgehead atoms. The molecule has 1 fully saturated rings. The minimum Gasteiger partial charge on any atom is -0.494 e. The first kappa shape index (κ1) is 20.9. The Labute approximate surface area is 159 Å². The summed E-state index contributed by atoms with van der Waals surface area (Å²) in [6.45, 7) is 7.29. The van der Waals surface area contributed by atoms with E-state index in [9.17, 15) is 14.4 Å². The highest BCUT2D eigenvalue weighted by Crippen LogP contribution is 2.04. The number of benzene rings is 1. The molecule has 1 aliphatic rings. The average molecular weight is 375 g/mol. The van der Waals surface area contributed by atoms with Crippen molar-refractivity contribution in [1.82, 2.24) is 15.1 Å². The van der Waals surface area contributed by atoms with Crippen LogP contribution in [-0.2, 0) is 18.9 Å². The van der Waals surface area contributed by atoms with E-state index in [2.05, 4.69) is 24.1 Å². The van der Waals surface area contributed by atoms with Crippen LogP contribution in [0.4, 0.5) is 0 Å². The highest BCUT2D eigenvalue weighted by atomic mass is 16.6. The van der Waals surface area contributed by atoms with Crippen LogP contribution in [0.15, 0.2) is 24.3 Å². The van der Waals surface area contributed by atoms with Gasteiger partial charge in [0, 0.05) is 24.1 Å². The standard InChI is InChI=1S/C18H26BN3O5/c1-4-22(5-2)10-9-20-18(25)14-7-6-8-15(11-14)19-26-16(23)12-21(3)13-17(24)27-19/h6-8,11H,4-5,9-10,12-13H2,1-3H3,(H,20,25). The summed E-state index contributed by atoms with van der Waals surface area (Å²) >= 11 is 0. The summed E-state index contributed by atoms with van der Waals surface area (Å²) in [5.41, 5.74) is 0.857. The second-order valence-electron chi connectivity index (χ2n) is 6.39. The fourth-order valence-corrected chi connectivity index (χ4v) is 2.77. The molecule has 146 valence electrons. The number of rotatable bonds is 7. The van der Waals surface area contributed by atoms with Crippen LogP contribution in [0, 0.1) is 0 Å². The molecule has 0 radical (unpaired) electrons. The maximum absolute atomic E-state index is 12.4. The normalized spacial score (nSPS) is 15.8. The summed E-state index contributed by atoms with van der Waals surface area (Å²) in [4.78, 5) is 39.9. The van der Waals surface area contributed by atoms with Crippen LogP contribution in [0.25, 0.3) is 0 Å². The van der Waals surface area contributed by atoms with E-state index in [0.717, 1.165) is 19.6 Å². The molecule has 1 N–H and O–H groups in total. The van der Waals surface area contributed by atoms with Gasteiger partial charge in [-0.3, -0.25) is 19.3 Å². The summed E-state index contributed by atoms with van der Waals surface area (Å²) in [7, 11) is 0.480. The van der Waals surface area contributed by atoms with Gasteiger partial charge in [-0.15, -0.1) is 0 Å². The van der Waals surface area contributed by atoms with Crippen LogP contribution in [-0.4, -0.2) is 81.1 Å². The van der Waals surface area contributed by atoms with Crippen LogP contribution in [0.3, 0.4) is 0 Å². The van der Waals surface area contributed by atoms with E-state index in [1.54, 1.807) is 31.3 Å². The van der Waals surface area contributed by atoms with Crippen molar-refractivity contribution >= 4 is 30.4 Å². The first-order valence-corrected chi connectivity index (χ1v) is 9.11. The van der Waals surface area contributed by atoms with Gasteiger partial charge in [0.1, 0.15) is 0 Å². The Hall–Kier alpha value is -2.39. The van der Waals surface area contributed by atoms with Crippen molar-refractivity contribution in [2.45, 2.75) is 13.8 Å². The third-order valence-corrected chi connectivity index (χ3v) is 4.30. The molecule has 1 aliphatic heterocycles. The van der Waals surface area contributed by atoms with Gasteiger partial charge in [0.25, 0.3) is 5.91 Å². The Balaban J connectivity index is 2.03. The highest BCUT2D eigenvalue weighted by Gasteiger charge is 2.34. The number of nitrogens with one attached hydrogen (secondary N) is 1. The van der Waals surface area contributed by atoms with Gasteiger partial charge in [0.2, 0.25) is 0 Å². The Morgan fingerprint density at radius 1 is 1.19 bits per heavy atom. The van der Waals surface area contributed by atoms with Crippen molar-refractivity contribution in [3.05, 3.63) is 29.8 Å². The maximum Gasteiger partial charge on any atom is 0.636 e. The van der Waals surface area contributed by atoms with Gasteiger partial charge < -0.3 is 19.5 Å². The number of carbonyl (C=O) groups excluding carboxylic acids is 3. The van der Waals surface area contributed by atoms with Crippen molar-refractivity contribution in [2.75, 3.05) is 46.3 Å². The predicted octanol–water partition coefficient (Wildman–Crippen LogP) is -0.515. The molecule has 0 atom stereocenters. The van der Waals surface area contributed by atoms with E-state index in [4.69, 9.17) is 9.31 Å². The fourth-order valence-electron chi connectivity index (χ4n) is 2.77. The molecule has 1 aromatic carbocycles. The van der Waals surface area contributed by atoms with Gasteiger partial charge in [0.05, 0.1) is 13.1 Å². The number of likely N-dealkylation sites (N-methyl/N-ethyl adjacent to an activating group) is 2. The summed E-state index contributed by atoms with van der Waals surface area (Å²) in [6.07, 6.45) is 0. The summed E-state index contributed by atoms with van der Waals surface area (Å²) < 4.78 is 10.5. The van der Waals surface area contributed by atoms with Crippen LogP contribution < -0.4 is 10.8 Å². The van der Waals surface area contributed by atoms with Crippen LogP contribution in [0.2, 0.25) is 0 Å². The fraction of sp³-hybridized carbons (Fsp3) is 0.500. The molecule has 0 unspecified atom stereocenters. The second-order valence-corrected chi connectivity index (χ2v) is 6.39. The third-order valence-electron chi connectivity index (χ3n) is 4.30. The van der Waals surface area contributed by atoms with Crippen LogP contribution in [0.5, 0.6) is 0 Å². The average Bonchev–Trinajstić information content (AvgIpc) is 2.63. The van der Waals surface area contributed by atoms with Crippen LogP contribution in [0.1, 0.15) is 24.2 Å². The summed E-state index contributed by atoms with van der Waals surface area (Å²) in [5, 5.41) is 2.87. The van der Waals surface area contributed by atoms with Gasteiger partial charge in [0.15, 0.2) is 0 Å². The summed E-state index contributed by atoms with van der Waals surface area (Å²) in [5.74, 6) is -1.22. The van der Waals surface area contributed by atoms with Crippen molar-refractivity contribution in [3.63, 3.8) is 0 Å². The van der Waals surface area contributed by atoms with E-state index in [1.165, 1.54) is 4.90 Å². The molecule has 0 aromatic heterocycles. The zero-order valence-corrected chi connectivity index (χ0v) is 16.1. The van der Waals surface area contributed by atoms with E-state index in [0.29, 0.717) is 17.6 Å².